The number of nitrogens with zero attached hydrogens (tertiary/aromatic N) is 3. The molecule has 1 saturated carbocycles. The Kier molecular flexibility index (Phi) is 7.61. The van der Waals surface area contributed by atoms with Gasteiger partial charge in [0.25, 0.3) is 5.91 Å². The van der Waals surface area contributed by atoms with Gasteiger partial charge in [-0.25, -0.2) is 22.5 Å². The van der Waals surface area contributed by atoms with Crippen LogP contribution in [0.1, 0.15) is 37.0 Å². The molecule has 2 N–H and O–H groups in total. The molecule has 2 aromatic heterocycles. The van der Waals surface area contributed by atoms with Gasteiger partial charge in [0.1, 0.15) is 23.1 Å². The number of aliphatic hydroxyl groups is 1. The number of amides is 1. The largest absolute Gasteiger partial charge is 0.408 e. The van der Waals surface area contributed by atoms with Crippen LogP contribution in [0.5, 0.6) is 0 Å². The first-order valence-corrected chi connectivity index (χ1v) is 11.9. The molecule has 0 radical (unpaired) electrons. The van der Waals surface area contributed by atoms with E-state index in [1.807, 2.05) is 0 Å². The number of benzene rings is 1. The number of hydrogen-bond acceptors (Lipinski definition) is 5. The van der Waals surface area contributed by atoms with Crippen LogP contribution >= 0.6 is 0 Å². The standard InChI is InChI=1S/C25H23F7N4O3/c1-3-35(9-11(2)37)23-18(29)8-14-20(38)15(24(39)33-21(12-4-5-12)25(30,31)32)10-36(22(14)34-23)19-16(27)6-13(26)7-17(19)28/h6-8,10-12,21,37H,3-5,9H2,1-2H3,(H,33,39). The second-order valence-electron chi connectivity index (χ2n) is 9.34. The van der Waals surface area contributed by atoms with Crippen LogP contribution in [0.15, 0.2) is 29.2 Å². The molecule has 1 aromatic carbocycles. The SMILES string of the molecule is CCN(CC(C)O)c1nc2c(cc1F)c(=O)c(C(=O)NC(C1CC1)C(F)(F)F)cn2-c1c(F)cc(F)cc1F. The maximum atomic E-state index is 15.2. The van der Waals surface area contributed by atoms with Crippen molar-refractivity contribution in [2.75, 3.05) is 18.0 Å². The lowest BCUT2D eigenvalue weighted by molar-refractivity contribution is -0.158. The summed E-state index contributed by atoms with van der Waals surface area (Å²) >= 11 is 0. The molecule has 2 heterocycles. The number of pyridine rings is 2. The van der Waals surface area contributed by atoms with Crippen molar-refractivity contribution >= 4 is 22.8 Å². The van der Waals surface area contributed by atoms with E-state index in [1.54, 1.807) is 12.2 Å². The van der Waals surface area contributed by atoms with Gasteiger partial charge in [-0.1, -0.05) is 0 Å². The zero-order chi connectivity index (χ0) is 28.8. The predicted octanol–water partition coefficient (Wildman–Crippen LogP) is 4.22. The van der Waals surface area contributed by atoms with Gasteiger partial charge < -0.3 is 15.3 Å². The number of carbonyl (C=O) groups excluding carboxylic acids is 1. The Morgan fingerprint density at radius 3 is 2.28 bits per heavy atom. The Morgan fingerprint density at radius 1 is 1.15 bits per heavy atom. The molecule has 1 fully saturated rings. The quantitative estimate of drug-likeness (QED) is 0.403. The molecule has 2 atom stereocenters. The Labute approximate surface area is 216 Å². The molecule has 3 aromatic rings. The van der Waals surface area contributed by atoms with Gasteiger partial charge in [-0.05, 0) is 38.7 Å². The highest BCUT2D eigenvalue weighted by Gasteiger charge is 2.50. The van der Waals surface area contributed by atoms with Gasteiger partial charge in [0, 0.05) is 31.4 Å². The van der Waals surface area contributed by atoms with Crippen LogP contribution in [0.2, 0.25) is 0 Å². The third-order valence-electron chi connectivity index (χ3n) is 6.28. The number of aliphatic hydroxyl groups excluding tert-OH is 1. The van der Waals surface area contributed by atoms with E-state index >= 15 is 4.39 Å². The van der Waals surface area contributed by atoms with E-state index in [4.69, 9.17) is 0 Å². The lowest BCUT2D eigenvalue weighted by Gasteiger charge is -2.25. The highest BCUT2D eigenvalue weighted by molar-refractivity contribution is 5.97. The van der Waals surface area contributed by atoms with Gasteiger partial charge >= 0.3 is 6.18 Å². The van der Waals surface area contributed by atoms with E-state index in [0.29, 0.717) is 29.0 Å². The van der Waals surface area contributed by atoms with Gasteiger partial charge in [-0.15, -0.1) is 0 Å². The number of likely N-dealkylation sites (N-methyl/N-ethyl adjacent to an activating group) is 1. The fraction of sp³-hybridized carbons (Fsp3) is 0.400. The summed E-state index contributed by atoms with van der Waals surface area (Å²) in [7, 11) is 0. The third-order valence-corrected chi connectivity index (χ3v) is 6.28. The smallest absolute Gasteiger partial charge is 0.392 e. The number of halogens is 7. The van der Waals surface area contributed by atoms with Gasteiger partial charge in [-0.3, -0.25) is 14.2 Å². The van der Waals surface area contributed by atoms with Gasteiger partial charge in [0.2, 0.25) is 5.43 Å². The molecule has 0 bridgehead atoms. The summed E-state index contributed by atoms with van der Waals surface area (Å²) in [5.74, 6) is -8.18. The fourth-order valence-corrected chi connectivity index (χ4v) is 4.33. The Bertz CT molecular complexity index is 1460. The van der Waals surface area contributed by atoms with Crippen LogP contribution in [0, 0.1) is 29.2 Å². The molecule has 0 saturated heterocycles. The van der Waals surface area contributed by atoms with Gasteiger partial charge in [-0.2, -0.15) is 13.2 Å². The predicted molar refractivity (Wildman–Crippen MR) is 127 cm³/mol. The third kappa shape index (κ3) is 5.70. The minimum atomic E-state index is -4.84. The zero-order valence-corrected chi connectivity index (χ0v) is 20.6. The monoisotopic (exact) mass is 560 g/mol. The van der Waals surface area contributed by atoms with Crippen molar-refractivity contribution in [3.8, 4) is 5.69 Å². The first kappa shape index (κ1) is 28.3. The fourth-order valence-electron chi connectivity index (χ4n) is 4.33. The van der Waals surface area contributed by atoms with Crippen molar-refractivity contribution in [2.24, 2.45) is 5.92 Å². The number of rotatable bonds is 8. The lowest BCUT2D eigenvalue weighted by atomic mass is 10.1. The molecular formula is C25H23F7N4O3. The maximum absolute atomic E-state index is 15.2. The summed E-state index contributed by atoms with van der Waals surface area (Å²) in [5.41, 5.74) is -3.77. The number of carbonyl (C=O) groups is 1. The molecule has 1 amide bonds. The average molecular weight is 560 g/mol. The molecule has 14 heteroatoms. The van der Waals surface area contributed by atoms with Crippen LogP contribution in [0.25, 0.3) is 16.7 Å². The summed E-state index contributed by atoms with van der Waals surface area (Å²) in [4.78, 5) is 31.4. The molecule has 210 valence electrons. The number of nitrogens with one attached hydrogen (secondary N) is 1. The first-order valence-electron chi connectivity index (χ1n) is 11.9. The normalized spacial score (nSPS) is 15.3. The Balaban J connectivity index is 1.98. The Hall–Kier alpha value is -3.68. The number of hydrogen-bond donors (Lipinski definition) is 2. The topological polar surface area (TPSA) is 87.5 Å². The number of fused-ring (bicyclic) bond motifs is 1. The molecule has 39 heavy (non-hydrogen) atoms. The lowest BCUT2D eigenvalue weighted by Crippen LogP contribution is -2.48. The minimum absolute atomic E-state index is 0.115. The van der Waals surface area contributed by atoms with Crippen LogP contribution in [0.3, 0.4) is 0 Å². The van der Waals surface area contributed by atoms with Crippen LogP contribution in [-0.2, 0) is 0 Å². The van der Waals surface area contributed by atoms with E-state index in [-0.39, 0.29) is 25.9 Å². The molecule has 1 aliphatic carbocycles. The van der Waals surface area contributed by atoms with Crippen LogP contribution in [0.4, 0.5) is 36.6 Å². The van der Waals surface area contributed by atoms with Crippen LogP contribution < -0.4 is 15.6 Å². The summed E-state index contributed by atoms with van der Waals surface area (Å²) in [6, 6.07) is -1.01. The van der Waals surface area contributed by atoms with Crippen molar-refractivity contribution in [2.45, 2.75) is 45.0 Å². The van der Waals surface area contributed by atoms with Crippen molar-refractivity contribution in [3.63, 3.8) is 0 Å². The van der Waals surface area contributed by atoms with E-state index in [1.165, 1.54) is 11.8 Å². The van der Waals surface area contributed by atoms with Gasteiger partial charge in [0.15, 0.2) is 28.9 Å². The van der Waals surface area contributed by atoms with E-state index in [0.717, 1.165) is 0 Å². The average Bonchev–Trinajstić information content (AvgIpc) is 3.66. The minimum Gasteiger partial charge on any atom is -0.392 e. The van der Waals surface area contributed by atoms with Crippen molar-refractivity contribution in [1.29, 1.82) is 0 Å². The molecule has 4 rings (SSSR count). The second kappa shape index (κ2) is 10.5. The van der Waals surface area contributed by atoms with E-state index < -0.39 is 86.9 Å². The maximum Gasteiger partial charge on any atom is 0.408 e. The molecule has 7 nitrogen and oxygen atoms in total. The first-order chi connectivity index (χ1) is 18.2. The summed E-state index contributed by atoms with van der Waals surface area (Å²) in [6.45, 7) is 3.02. The molecule has 0 aliphatic heterocycles. The van der Waals surface area contributed by atoms with Crippen molar-refractivity contribution in [3.05, 3.63) is 63.5 Å². The van der Waals surface area contributed by atoms with Crippen molar-refractivity contribution < 1.29 is 40.6 Å². The highest BCUT2D eigenvalue weighted by Crippen LogP contribution is 2.40. The summed E-state index contributed by atoms with van der Waals surface area (Å²) in [5, 5.41) is 10.8. The van der Waals surface area contributed by atoms with Crippen LogP contribution in [-0.4, -0.2) is 52.0 Å². The van der Waals surface area contributed by atoms with E-state index in [9.17, 15) is 41.0 Å². The molecule has 0 spiro atoms. The number of alkyl halides is 3. The van der Waals surface area contributed by atoms with Crippen molar-refractivity contribution in [1.82, 2.24) is 14.9 Å². The Morgan fingerprint density at radius 2 is 1.77 bits per heavy atom. The molecule has 2 unspecified atom stereocenters. The van der Waals surface area contributed by atoms with E-state index in [2.05, 4.69) is 4.98 Å². The summed E-state index contributed by atoms with van der Waals surface area (Å²) < 4.78 is 99.6. The number of aromatic nitrogens is 2. The summed E-state index contributed by atoms with van der Waals surface area (Å²) in [6.07, 6.45) is -4.82. The molecular weight excluding hydrogens is 537 g/mol. The highest BCUT2D eigenvalue weighted by atomic mass is 19.4. The zero-order valence-electron chi connectivity index (χ0n) is 20.6. The van der Waals surface area contributed by atoms with Gasteiger partial charge in [0.05, 0.1) is 11.5 Å². The number of anilines is 1. The molecule has 1 aliphatic rings. The second-order valence-corrected chi connectivity index (χ2v) is 9.34.